The lowest BCUT2D eigenvalue weighted by atomic mass is 9.93. The zero-order valence-corrected chi connectivity index (χ0v) is 9.76. The molecule has 0 radical (unpaired) electrons. The zero-order chi connectivity index (χ0) is 10.7. The largest absolute Gasteiger partial charge is 0.373 e. The second-order valence-corrected chi connectivity index (χ2v) is 4.87. The summed E-state index contributed by atoms with van der Waals surface area (Å²) in [6, 6.07) is 0. The van der Waals surface area contributed by atoms with Gasteiger partial charge in [0.1, 0.15) is 0 Å². The molecule has 1 amide bonds. The van der Waals surface area contributed by atoms with Crippen molar-refractivity contribution in [3.05, 3.63) is 0 Å². The maximum absolute atomic E-state index is 11.7. The Morgan fingerprint density at radius 3 is 2.93 bits per heavy atom. The van der Waals surface area contributed by atoms with Crippen molar-refractivity contribution in [1.82, 2.24) is 4.90 Å². The first kappa shape index (κ1) is 11.2. The highest BCUT2D eigenvalue weighted by atomic mass is 35.5. The van der Waals surface area contributed by atoms with Crippen LogP contribution in [0.1, 0.15) is 32.1 Å². The Morgan fingerprint density at radius 1 is 1.40 bits per heavy atom. The molecule has 0 saturated carbocycles. The van der Waals surface area contributed by atoms with Gasteiger partial charge in [0.05, 0.1) is 5.60 Å². The summed E-state index contributed by atoms with van der Waals surface area (Å²) in [6.45, 7) is 2.48. The van der Waals surface area contributed by atoms with E-state index in [9.17, 15) is 4.79 Å². The maximum Gasteiger partial charge on any atom is 0.223 e. The summed E-state index contributed by atoms with van der Waals surface area (Å²) in [7, 11) is 0. The van der Waals surface area contributed by atoms with Crippen LogP contribution in [0.25, 0.3) is 0 Å². The minimum atomic E-state index is -0.0137. The predicted molar refractivity (Wildman–Crippen MR) is 59.1 cm³/mol. The summed E-state index contributed by atoms with van der Waals surface area (Å²) < 4.78 is 5.86. The molecule has 0 aromatic rings. The molecule has 0 unspecified atom stereocenters. The van der Waals surface area contributed by atoms with Crippen LogP contribution in [0, 0.1) is 0 Å². The average Bonchev–Trinajstić information content (AvgIpc) is 2.64. The number of amides is 1. The maximum atomic E-state index is 11.7. The van der Waals surface area contributed by atoms with Crippen molar-refractivity contribution in [2.24, 2.45) is 0 Å². The van der Waals surface area contributed by atoms with E-state index in [2.05, 4.69) is 0 Å². The molecule has 3 nitrogen and oxygen atoms in total. The molecule has 1 spiro atoms. The van der Waals surface area contributed by atoms with E-state index in [-0.39, 0.29) is 11.5 Å². The van der Waals surface area contributed by atoms with Gasteiger partial charge in [0.2, 0.25) is 5.91 Å². The number of alkyl halides is 1. The lowest BCUT2D eigenvalue weighted by molar-refractivity contribution is -0.132. The van der Waals surface area contributed by atoms with Gasteiger partial charge in [0.15, 0.2) is 0 Å². The SMILES string of the molecule is O=C(CCCl)N1CC[C@]2(CCCCO2)C1. The van der Waals surface area contributed by atoms with Gasteiger partial charge in [-0.15, -0.1) is 11.6 Å². The van der Waals surface area contributed by atoms with Crippen LogP contribution in [-0.4, -0.2) is 42.0 Å². The van der Waals surface area contributed by atoms with Gasteiger partial charge in [0, 0.05) is 32.0 Å². The molecule has 86 valence electrons. The summed E-state index contributed by atoms with van der Waals surface area (Å²) in [5.41, 5.74) is -0.0137. The van der Waals surface area contributed by atoms with Crippen LogP contribution in [0.2, 0.25) is 0 Å². The fraction of sp³-hybridized carbons (Fsp3) is 0.909. The third-order valence-electron chi connectivity index (χ3n) is 3.41. The molecular formula is C11H18ClNO2. The number of likely N-dealkylation sites (tertiary alicyclic amines) is 1. The average molecular weight is 232 g/mol. The summed E-state index contributed by atoms with van der Waals surface area (Å²) in [6.07, 6.45) is 4.96. The Morgan fingerprint density at radius 2 is 2.27 bits per heavy atom. The molecule has 0 aromatic carbocycles. The second-order valence-electron chi connectivity index (χ2n) is 4.49. The van der Waals surface area contributed by atoms with Gasteiger partial charge in [0.25, 0.3) is 0 Å². The standard InChI is InChI=1S/C11H18ClNO2/c12-6-3-10(14)13-7-5-11(9-13)4-1-2-8-15-11/h1-9H2/t11-/m1/s1. The quantitative estimate of drug-likeness (QED) is 0.679. The molecule has 0 bridgehead atoms. The molecular weight excluding hydrogens is 214 g/mol. The number of carbonyl (C=O) groups excluding carboxylic acids is 1. The normalized spacial score (nSPS) is 31.1. The third kappa shape index (κ3) is 2.45. The third-order valence-corrected chi connectivity index (χ3v) is 3.60. The van der Waals surface area contributed by atoms with Crippen molar-refractivity contribution in [2.45, 2.75) is 37.7 Å². The van der Waals surface area contributed by atoms with Gasteiger partial charge in [-0.05, 0) is 25.7 Å². The smallest absolute Gasteiger partial charge is 0.223 e. The topological polar surface area (TPSA) is 29.5 Å². The van der Waals surface area contributed by atoms with Crippen molar-refractivity contribution in [3.63, 3.8) is 0 Å². The molecule has 2 fully saturated rings. The van der Waals surface area contributed by atoms with Crippen LogP contribution in [0.3, 0.4) is 0 Å². The van der Waals surface area contributed by atoms with Gasteiger partial charge in [-0.3, -0.25) is 4.79 Å². The molecule has 2 heterocycles. The van der Waals surface area contributed by atoms with Crippen LogP contribution in [0.4, 0.5) is 0 Å². The number of hydrogen-bond donors (Lipinski definition) is 0. The van der Waals surface area contributed by atoms with E-state index >= 15 is 0 Å². The predicted octanol–water partition coefficient (Wildman–Crippen LogP) is 1.79. The Kier molecular flexibility index (Phi) is 3.52. The second kappa shape index (κ2) is 4.71. The molecule has 1 atom stereocenters. The van der Waals surface area contributed by atoms with Gasteiger partial charge >= 0.3 is 0 Å². The minimum Gasteiger partial charge on any atom is -0.373 e. The van der Waals surface area contributed by atoms with Crippen molar-refractivity contribution < 1.29 is 9.53 Å². The first-order valence-electron chi connectivity index (χ1n) is 5.73. The van der Waals surface area contributed by atoms with Crippen LogP contribution in [0.5, 0.6) is 0 Å². The first-order valence-corrected chi connectivity index (χ1v) is 6.27. The highest BCUT2D eigenvalue weighted by Gasteiger charge is 2.41. The van der Waals surface area contributed by atoms with Gasteiger partial charge < -0.3 is 9.64 Å². The lowest BCUT2D eigenvalue weighted by Gasteiger charge is -2.33. The van der Waals surface area contributed by atoms with E-state index in [1.165, 1.54) is 6.42 Å². The van der Waals surface area contributed by atoms with Gasteiger partial charge in [-0.2, -0.15) is 0 Å². The lowest BCUT2D eigenvalue weighted by Crippen LogP contribution is -2.40. The molecule has 0 aromatic heterocycles. The van der Waals surface area contributed by atoms with Gasteiger partial charge in [-0.1, -0.05) is 0 Å². The van der Waals surface area contributed by atoms with Gasteiger partial charge in [-0.25, -0.2) is 0 Å². The Bertz CT molecular complexity index is 239. The Balaban J connectivity index is 1.90. The molecule has 0 aliphatic carbocycles. The van der Waals surface area contributed by atoms with Crippen LogP contribution < -0.4 is 0 Å². The van der Waals surface area contributed by atoms with E-state index in [0.717, 1.165) is 39.0 Å². The molecule has 2 aliphatic heterocycles. The van der Waals surface area contributed by atoms with Crippen molar-refractivity contribution in [3.8, 4) is 0 Å². The molecule has 0 N–H and O–H groups in total. The van der Waals surface area contributed by atoms with Crippen LogP contribution in [-0.2, 0) is 9.53 Å². The van der Waals surface area contributed by atoms with E-state index in [0.29, 0.717) is 12.3 Å². The molecule has 2 saturated heterocycles. The van der Waals surface area contributed by atoms with Crippen molar-refractivity contribution >= 4 is 17.5 Å². The molecule has 15 heavy (non-hydrogen) atoms. The number of rotatable bonds is 2. The van der Waals surface area contributed by atoms with Crippen LogP contribution in [0.15, 0.2) is 0 Å². The van der Waals surface area contributed by atoms with E-state index in [1.807, 2.05) is 4.90 Å². The molecule has 2 aliphatic rings. The summed E-state index contributed by atoms with van der Waals surface area (Å²) >= 11 is 5.57. The number of ether oxygens (including phenoxy) is 1. The Labute approximate surface area is 95.7 Å². The van der Waals surface area contributed by atoms with Crippen molar-refractivity contribution in [2.75, 3.05) is 25.6 Å². The fourth-order valence-electron chi connectivity index (χ4n) is 2.53. The van der Waals surface area contributed by atoms with E-state index in [4.69, 9.17) is 16.3 Å². The minimum absolute atomic E-state index is 0.0137. The number of carbonyl (C=O) groups is 1. The monoisotopic (exact) mass is 231 g/mol. The molecule has 4 heteroatoms. The van der Waals surface area contributed by atoms with Crippen LogP contribution >= 0.6 is 11.6 Å². The number of nitrogens with zero attached hydrogens (tertiary/aromatic N) is 1. The summed E-state index contributed by atoms with van der Waals surface area (Å²) in [5, 5.41) is 0. The van der Waals surface area contributed by atoms with E-state index < -0.39 is 0 Å². The summed E-state index contributed by atoms with van der Waals surface area (Å²) in [5.74, 6) is 0.597. The summed E-state index contributed by atoms with van der Waals surface area (Å²) in [4.78, 5) is 13.6. The number of hydrogen-bond acceptors (Lipinski definition) is 2. The van der Waals surface area contributed by atoms with Crippen molar-refractivity contribution in [1.29, 1.82) is 0 Å². The first-order chi connectivity index (χ1) is 7.26. The Hall–Kier alpha value is -0.280. The number of halogens is 1. The fourth-order valence-corrected chi connectivity index (χ4v) is 2.69. The zero-order valence-electron chi connectivity index (χ0n) is 9.01. The highest BCUT2D eigenvalue weighted by molar-refractivity contribution is 6.18. The highest BCUT2D eigenvalue weighted by Crippen LogP contribution is 2.34. The molecule has 2 rings (SSSR count). The van der Waals surface area contributed by atoms with E-state index in [1.54, 1.807) is 0 Å².